The molecule has 0 atom stereocenters. The Labute approximate surface area is 398 Å². The van der Waals surface area contributed by atoms with Gasteiger partial charge in [0, 0.05) is 84.6 Å². The van der Waals surface area contributed by atoms with Gasteiger partial charge in [-0.2, -0.15) is 4.58 Å². The molecule has 0 aliphatic carbocycles. The van der Waals surface area contributed by atoms with E-state index in [0.717, 1.165) is 75.2 Å². The molecule has 6 rings (SSSR count). The SMILES string of the molecule is CN(CCC[N+](C)(C)CCSSCC[N+](C)(C)CCCN(C)c1ccccc1/C=C/C1=[N+](C)c2ccc(Cl)cc2C1(C)C)c1ccccc1/C=C/C1=Nc2ccc(Cl)cc2C1(C)C. The van der Waals surface area contributed by atoms with Gasteiger partial charge in [-0.25, -0.2) is 0 Å². The van der Waals surface area contributed by atoms with Crippen LogP contribution >= 0.6 is 44.8 Å². The largest absolute Gasteiger partial charge is 0.374 e. The lowest BCUT2D eigenvalue weighted by molar-refractivity contribution is -0.887. The van der Waals surface area contributed by atoms with E-state index in [1.54, 1.807) is 0 Å². The van der Waals surface area contributed by atoms with Crippen LogP contribution in [0.25, 0.3) is 12.2 Å². The number of anilines is 2. The van der Waals surface area contributed by atoms with Gasteiger partial charge in [-0.1, -0.05) is 101 Å². The van der Waals surface area contributed by atoms with Gasteiger partial charge in [0.2, 0.25) is 5.69 Å². The van der Waals surface area contributed by atoms with E-state index in [4.69, 9.17) is 28.2 Å². The van der Waals surface area contributed by atoms with Crippen molar-refractivity contribution in [3.8, 4) is 0 Å². The van der Waals surface area contributed by atoms with E-state index < -0.39 is 0 Å². The van der Waals surface area contributed by atoms with Gasteiger partial charge in [0.1, 0.15) is 7.05 Å². The average molecular weight is 927 g/mol. The summed E-state index contributed by atoms with van der Waals surface area (Å²) in [7, 11) is 20.2. The third-order valence-corrected chi connectivity index (χ3v) is 16.0. The highest BCUT2D eigenvalue weighted by molar-refractivity contribution is 8.76. The molecule has 10 heteroatoms. The van der Waals surface area contributed by atoms with Gasteiger partial charge in [0.25, 0.3) is 0 Å². The van der Waals surface area contributed by atoms with Gasteiger partial charge < -0.3 is 18.8 Å². The molecule has 63 heavy (non-hydrogen) atoms. The molecule has 0 radical (unpaired) electrons. The number of fused-ring (bicyclic) bond motifs is 2. The Kier molecular flexibility index (Phi) is 16.1. The van der Waals surface area contributed by atoms with E-state index in [1.165, 1.54) is 63.9 Å². The Morgan fingerprint density at radius 3 is 1.67 bits per heavy atom. The summed E-state index contributed by atoms with van der Waals surface area (Å²) in [6.07, 6.45) is 11.3. The molecule has 2 aliphatic heterocycles. The molecule has 0 N–H and O–H groups in total. The first kappa shape index (κ1) is 48.9. The number of para-hydroxylation sites is 2. The van der Waals surface area contributed by atoms with Gasteiger partial charge in [0.15, 0.2) is 5.71 Å². The van der Waals surface area contributed by atoms with Crippen LogP contribution in [0, 0.1) is 0 Å². The standard InChI is InChI=1S/C53H71Cl2N6S2/c1-52(2)44-38-42(54)24-26-46(44)56-50(52)28-22-40-18-12-14-20-47(40)57(5)30-16-32-60(8,9)34-36-62-63-37-35-61(10,11)33-17-31-58(6)48-21-15-13-19-41(48)23-29-51-53(3,4)45-39-43(55)25-27-49(45)59(51)7/h12-15,18-29,38-39H,16-17,30-37H2,1-11H3/q+3/b28-22+. The summed E-state index contributed by atoms with van der Waals surface area (Å²) in [5, 5.41) is 1.54. The quantitative estimate of drug-likeness (QED) is 0.0359. The number of hydrogen-bond donors (Lipinski definition) is 0. The predicted molar refractivity (Wildman–Crippen MR) is 282 cm³/mol. The Morgan fingerprint density at radius 2 is 1.11 bits per heavy atom. The van der Waals surface area contributed by atoms with Gasteiger partial charge >= 0.3 is 0 Å². The Morgan fingerprint density at radius 1 is 0.619 bits per heavy atom. The van der Waals surface area contributed by atoms with Crippen molar-refractivity contribution in [3.05, 3.63) is 129 Å². The molecular formula is C53H71Cl2N6S2+3. The normalized spacial score (nSPS) is 15.7. The van der Waals surface area contributed by atoms with Crippen molar-refractivity contribution in [1.82, 2.24) is 0 Å². The zero-order chi connectivity index (χ0) is 45.6. The molecule has 4 aromatic rings. The molecule has 336 valence electrons. The molecule has 0 saturated carbocycles. The molecule has 0 bridgehead atoms. The monoisotopic (exact) mass is 925 g/mol. The fourth-order valence-electron chi connectivity index (χ4n) is 8.98. The number of nitrogens with zero attached hydrogens (tertiary/aromatic N) is 6. The third kappa shape index (κ3) is 12.2. The number of aliphatic imine (C=N–C) groups is 1. The van der Waals surface area contributed by atoms with Gasteiger partial charge in [-0.3, -0.25) is 4.99 Å². The second-order valence-corrected chi connectivity index (χ2v) is 23.3. The van der Waals surface area contributed by atoms with Crippen LogP contribution in [0.3, 0.4) is 0 Å². The zero-order valence-corrected chi connectivity index (χ0v) is 42.9. The lowest BCUT2D eigenvalue weighted by atomic mass is 9.81. The van der Waals surface area contributed by atoms with Gasteiger partial charge in [-0.05, 0) is 85.2 Å². The number of rotatable bonds is 21. The molecular weight excluding hydrogens is 856 g/mol. The zero-order valence-electron chi connectivity index (χ0n) is 39.7. The first-order valence-corrected chi connectivity index (χ1v) is 25.7. The summed E-state index contributed by atoms with van der Waals surface area (Å²) in [5.74, 6) is 2.33. The Hall–Kier alpha value is -3.50. The summed E-state index contributed by atoms with van der Waals surface area (Å²) < 4.78 is 4.38. The highest BCUT2D eigenvalue weighted by atomic mass is 35.5. The third-order valence-electron chi connectivity index (χ3n) is 13.2. The maximum atomic E-state index is 6.41. The molecule has 0 fully saturated rings. The van der Waals surface area contributed by atoms with Crippen molar-refractivity contribution in [1.29, 1.82) is 0 Å². The van der Waals surface area contributed by atoms with Crippen LogP contribution < -0.4 is 9.80 Å². The van der Waals surface area contributed by atoms with Crippen molar-refractivity contribution >= 4 is 91.1 Å². The molecule has 0 saturated heterocycles. The van der Waals surface area contributed by atoms with Crippen molar-refractivity contribution < 1.29 is 13.5 Å². The van der Waals surface area contributed by atoms with E-state index in [1.807, 2.05) is 39.8 Å². The Balaban J connectivity index is 0.884. The lowest BCUT2D eigenvalue weighted by Crippen LogP contribution is -2.43. The number of allylic oxidation sites excluding steroid dienone is 2. The number of hydrogen-bond acceptors (Lipinski definition) is 5. The van der Waals surface area contributed by atoms with Crippen LogP contribution in [0.15, 0.2) is 102 Å². The van der Waals surface area contributed by atoms with E-state index in [0.29, 0.717) is 0 Å². The van der Waals surface area contributed by atoms with Gasteiger partial charge in [-0.15, -0.1) is 0 Å². The first-order valence-electron chi connectivity index (χ1n) is 22.4. The van der Waals surface area contributed by atoms with E-state index in [2.05, 4.69) is 182 Å². The molecule has 2 aliphatic rings. The summed E-state index contributed by atoms with van der Waals surface area (Å²) >= 11 is 12.7. The summed E-state index contributed by atoms with van der Waals surface area (Å²) in [5.41, 5.74) is 11.7. The maximum absolute atomic E-state index is 6.41. The number of halogens is 2. The van der Waals surface area contributed by atoms with Crippen LogP contribution in [0.2, 0.25) is 10.0 Å². The van der Waals surface area contributed by atoms with Crippen LogP contribution in [0.1, 0.15) is 62.8 Å². The molecule has 0 spiro atoms. The highest BCUT2D eigenvalue weighted by Gasteiger charge is 2.43. The van der Waals surface area contributed by atoms with Crippen molar-refractivity contribution in [3.63, 3.8) is 0 Å². The lowest BCUT2D eigenvalue weighted by Gasteiger charge is -2.31. The molecule has 0 aromatic heterocycles. The van der Waals surface area contributed by atoms with Crippen LogP contribution in [-0.4, -0.2) is 125 Å². The summed E-state index contributed by atoms with van der Waals surface area (Å²) in [6.45, 7) is 15.7. The number of benzene rings is 4. The van der Waals surface area contributed by atoms with Crippen LogP contribution in [-0.2, 0) is 10.8 Å². The van der Waals surface area contributed by atoms with E-state index in [-0.39, 0.29) is 10.8 Å². The van der Waals surface area contributed by atoms with Crippen molar-refractivity contribution in [2.45, 2.75) is 51.4 Å². The van der Waals surface area contributed by atoms with Crippen LogP contribution in [0.4, 0.5) is 22.7 Å². The smallest absolute Gasteiger partial charge is 0.209 e. The minimum Gasteiger partial charge on any atom is -0.374 e. The molecule has 4 aromatic carbocycles. The first-order chi connectivity index (χ1) is 29.8. The fourth-order valence-corrected chi connectivity index (χ4v) is 11.9. The highest BCUT2D eigenvalue weighted by Crippen LogP contribution is 2.43. The maximum Gasteiger partial charge on any atom is 0.209 e. The van der Waals surface area contributed by atoms with Crippen LogP contribution in [0.5, 0.6) is 0 Å². The second kappa shape index (κ2) is 20.8. The minimum atomic E-state index is -0.185. The molecule has 6 nitrogen and oxygen atoms in total. The summed E-state index contributed by atoms with van der Waals surface area (Å²) in [6, 6.07) is 29.7. The van der Waals surface area contributed by atoms with E-state index in [9.17, 15) is 0 Å². The number of quaternary nitrogens is 2. The predicted octanol–water partition coefficient (Wildman–Crippen LogP) is 12.7. The summed E-state index contributed by atoms with van der Waals surface area (Å²) in [4.78, 5) is 9.79. The molecule has 2 heterocycles. The van der Waals surface area contributed by atoms with Crippen molar-refractivity contribution in [2.75, 3.05) is 110 Å². The minimum absolute atomic E-state index is 0.121. The van der Waals surface area contributed by atoms with Gasteiger partial charge in [0.05, 0.1) is 82.7 Å². The topological polar surface area (TPSA) is 21.9 Å². The van der Waals surface area contributed by atoms with Crippen molar-refractivity contribution in [2.24, 2.45) is 4.99 Å². The molecule has 0 amide bonds. The average Bonchev–Trinajstić information content (AvgIpc) is 3.59. The second-order valence-electron chi connectivity index (χ2n) is 19.8. The van der Waals surface area contributed by atoms with E-state index >= 15 is 0 Å². The fraction of sp³-hybridized carbons (Fsp3) is 0.434. The Bertz CT molecular complexity index is 2360. The molecule has 0 unspecified atom stereocenters.